The minimum absolute atomic E-state index is 0.729. The Bertz CT molecular complexity index is 791. The summed E-state index contributed by atoms with van der Waals surface area (Å²) in [7, 11) is 5.83. The van der Waals surface area contributed by atoms with E-state index in [4.69, 9.17) is 7.85 Å². The maximum absolute atomic E-state index is 14.1. The lowest BCUT2D eigenvalue weighted by molar-refractivity contribution is 0.359. The lowest BCUT2D eigenvalue weighted by Gasteiger charge is -2.16. The highest BCUT2D eigenvalue weighted by Crippen LogP contribution is 2.38. The van der Waals surface area contributed by atoms with E-state index in [9.17, 15) is 30.7 Å². The molecule has 0 saturated carbocycles. The fourth-order valence-corrected chi connectivity index (χ4v) is 2.02. The number of benzene rings is 2. The molecule has 0 fully saturated rings. The van der Waals surface area contributed by atoms with Crippen molar-refractivity contribution in [3.05, 3.63) is 46.3 Å². The van der Waals surface area contributed by atoms with Crippen molar-refractivity contribution in [1.29, 1.82) is 0 Å². The first-order chi connectivity index (χ1) is 10.6. The summed E-state index contributed by atoms with van der Waals surface area (Å²) in [6.45, 7) is 0.729. The molecule has 0 spiro atoms. The van der Waals surface area contributed by atoms with Gasteiger partial charge in [-0.2, -0.15) is 0 Å². The fraction of sp³-hybridized carbons (Fsp3) is 0.143. The van der Waals surface area contributed by atoms with Gasteiger partial charge in [-0.15, -0.1) is 0 Å². The predicted molar refractivity (Wildman–Crippen MR) is 68.3 cm³/mol. The first kappa shape index (κ1) is 17.2. The van der Waals surface area contributed by atoms with Gasteiger partial charge < -0.3 is 4.74 Å². The summed E-state index contributed by atoms with van der Waals surface area (Å²) in [5, 5.41) is 0. The fourth-order valence-electron chi connectivity index (χ4n) is 2.02. The van der Waals surface area contributed by atoms with Gasteiger partial charge in [-0.1, -0.05) is 0 Å². The average Bonchev–Trinajstić information content (AvgIpc) is 2.52. The molecule has 0 bridgehead atoms. The van der Waals surface area contributed by atoms with Crippen LogP contribution in [0.3, 0.4) is 0 Å². The molecule has 0 amide bonds. The molecule has 0 atom stereocenters. The number of hydrogen-bond donors (Lipinski definition) is 0. The van der Waals surface area contributed by atoms with Crippen LogP contribution in [-0.4, -0.2) is 15.0 Å². The van der Waals surface area contributed by atoms with Gasteiger partial charge in [0.25, 0.3) is 0 Å². The van der Waals surface area contributed by atoms with Crippen LogP contribution in [0.1, 0.15) is 5.56 Å². The van der Waals surface area contributed by atoms with E-state index >= 15 is 0 Å². The van der Waals surface area contributed by atoms with Crippen molar-refractivity contribution in [2.75, 3.05) is 7.11 Å². The quantitative estimate of drug-likeness (QED) is 0.465. The average molecular weight is 334 g/mol. The summed E-state index contributed by atoms with van der Waals surface area (Å²) in [6.07, 6.45) is 0. The van der Waals surface area contributed by atoms with Crippen LogP contribution < -0.4 is 10.2 Å². The Labute approximate surface area is 127 Å². The van der Waals surface area contributed by atoms with Gasteiger partial charge in [0.05, 0.1) is 18.2 Å². The monoisotopic (exact) mass is 334 g/mol. The van der Waals surface area contributed by atoms with E-state index in [1.807, 2.05) is 0 Å². The smallest absolute Gasteiger partial charge is 0.190 e. The molecule has 2 aromatic carbocycles. The lowest BCUT2D eigenvalue weighted by atomic mass is 9.88. The lowest BCUT2D eigenvalue weighted by Crippen LogP contribution is -2.20. The predicted octanol–water partition coefficient (Wildman–Crippen LogP) is 3.44. The van der Waals surface area contributed by atoms with Gasteiger partial charge in [-0.25, -0.2) is 30.7 Å². The highest BCUT2D eigenvalue weighted by molar-refractivity contribution is 6.33. The van der Waals surface area contributed by atoms with Gasteiger partial charge in [0.1, 0.15) is 13.7 Å². The van der Waals surface area contributed by atoms with Crippen LogP contribution in [-0.2, 0) is 0 Å². The highest BCUT2D eigenvalue weighted by atomic mass is 19.2. The third-order valence-corrected chi connectivity index (χ3v) is 3.25. The Morgan fingerprint density at radius 2 is 1.09 bits per heavy atom. The molecule has 9 heteroatoms. The minimum atomic E-state index is -2.05. The Hall–Kier alpha value is -2.19. The number of rotatable bonds is 2. The molecule has 2 radical (unpaired) electrons. The molecular weight excluding hydrogens is 328 g/mol. The second-order valence-electron chi connectivity index (χ2n) is 4.52. The third-order valence-electron chi connectivity index (χ3n) is 3.25. The van der Waals surface area contributed by atoms with Gasteiger partial charge in [-0.3, -0.25) is 0 Å². The van der Waals surface area contributed by atoms with Gasteiger partial charge in [0.2, 0.25) is 0 Å². The Balaban J connectivity index is 3.03. The summed E-state index contributed by atoms with van der Waals surface area (Å²) in [6, 6.07) is 0. The summed E-state index contributed by atoms with van der Waals surface area (Å²) in [4.78, 5) is 0. The molecule has 2 rings (SSSR count). The van der Waals surface area contributed by atoms with Crippen LogP contribution in [0, 0.1) is 47.6 Å². The topological polar surface area (TPSA) is 9.23 Å². The van der Waals surface area contributed by atoms with E-state index < -0.39 is 68.6 Å². The van der Waals surface area contributed by atoms with Crippen LogP contribution in [0.25, 0.3) is 11.1 Å². The molecule has 0 aliphatic rings. The van der Waals surface area contributed by atoms with E-state index in [1.54, 1.807) is 0 Å². The largest absolute Gasteiger partial charge is 0.491 e. The third kappa shape index (κ3) is 2.34. The molecule has 0 aromatic heterocycles. The molecule has 0 unspecified atom stereocenters. The van der Waals surface area contributed by atoms with Crippen molar-refractivity contribution in [1.82, 2.24) is 0 Å². The van der Waals surface area contributed by atoms with Crippen molar-refractivity contribution >= 4 is 13.3 Å². The van der Waals surface area contributed by atoms with Crippen molar-refractivity contribution in [3.63, 3.8) is 0 Å². The molecule has 23 heavy (non-hydrogen) atoms. The first-order valence-electron chi connectivity index (χ1n) is 5.97. The van der Waals surface area contributed by atoms with Gasteiger partial charge in [0.15, 0.2) is 40.7 Å². The Morgan fingerprint density at radius 3 is 1.52 bits per heavy atom. The molecular formula is C14H6BF7O. The maximum Gasteiger partial charge on any atom is 0.190 e. The summed E-state index contributed by atoms with van der Waals surface area (Å²) in [5.41, 5.74) is -5.61. The minimum Gasteiger partial charge on any atom is -0.491 e. The second kappa shape index (κ2) is 5.79. The zero-order valence-electron chi connectivity index (χ0n) is 11.6. The molecule has 0 heterocycles. The van der Waals surface area contributed by atoms with Crippen LogP contribution in [0.5, 0.6) is 5.75 Å². The second-order valence-corrected chi connectivity index (χ2v) is 4.52. The van der Waals surface area contributed by atoms with Gasteiger partial charge in [0, 0.05) is 5.56 Å². The molecule has 0 aliphatic heterocycles. The van der Waals surface area contributed by atoms with Crippen molar-refractivity contribution < 1.29 is 35.5 Å². The maximum atomic E-state index is 14.1. The normalized spacial score (nSPS) is 11.0. The number of halogens is 7. The van der Waals surface area contributed by atoms with Crippen molar-refractivity contribution in [2.24, 2.45) is 0 Å². The molecule has 120 valence electrons. The molecule has 1 nitrogen and oxygen atoms in total. The zero-order chi connectivity index (χ0) is 17.6. The standard InChI is InChI=1S/C14H6BF7O/c1-3-7(16)10(19)5(11(20)8(3)17)4-9(18)6(15)13(22)14(23-2)12(4)21/h1-2H3. The molecule has 0 N–H and O–H groups in total. The molecule has 2 aromatic rings. The van der Waals surface area contributed by atoms with Gasteiger partial charge in [-0.05, 0) is 12.4 Å². The zero-order valence-corrected chi connectivity index (χ0v) is 11.6. The van der Waals surface area contributed by atoms with E-state index in [0.717, 1.165) is 14.0 Å². The van der Waals surface area contributed by atoms with Crippen molar-refractivity contribution in [3.8, 4) is 16.9 Å². The summed E-state index contributed by atoms with van der Waals surface area (Å²) < 4.78 is 101. The highest BCUT2D eigenvalue weighted by Gasteiger charge is 2.32. The number of ether oxygens (including phenoxy) is 1. The molecule has 0 aliphatic carbocycles. The summed E-state index contributed by atoms with van der Waals surface area (Å²) in [5.74, 6) is -14.5. The van der Waals surface area contributed by atoms with E-state index in [1.165, 1.54) is 0 Å². The number of methoxy groups -OCH3 is 1. The van der Waals surface area contributed by atoms with E-state index in [0.29, 0.717) is 0 Å². The SMILES string of the molecule is [B]c1c(F)c(OC)c(F)c(-c2c(F)c(F)c(C)c(F)c2F)c1F. The van der Waals surface area contributed by atoms with Crippen LogP contribution in [0.4, 0.5) is 30.7 Å². The van der Waals surface area contributed by atoms with Crippen LogP contribution >= 0.6 is 0 Å². The number of hydrogen-bond acceptors (Lipinski definition) is 1. The van der Waals surface area contributed by atoms with E-state index in [-0.39, 0.29) is 0 Å². The Morgan fingerprint density at radius 1 is 0.652 bits per heavy atom. The first-order valence-corrected chi connectivity index (χ1v) is 5.97. The molecule has 0 saturated heterocycles. The van der Waals surface area contributed by atoms with Crippen LogP contribution in [0.15, 0.2) is 0 Å². The van der Waals surface area contributed by atoms with Crippen molar-refractivity contribution in [2.45, 2.75) is 6.92 Å². The Kier molecular flexibility index (Phi) is 4.32. The van der Waals surface area contributed by atoms with Crippen LogP contribution in [0.2, 0.25) is 0 Å². The van der Waals surface area contributed by atoms with Gasteiger partial charge >= 0.3 is 0 Å². The summed E-state index contributed by atoms with van der Waals surface area (Å²) >= 11 is 0. The van der Waals surface area contributed by atoms with E-state index in [2.05, 4.69) is 4.74 Å².